The number of thiazole rings is 1. The molecule has 0 amide bonds. The number of hydrogen-bond donors (Lipinski definition) is 0. The average Bonchev–Trinajstić information content (AvgIpc) is 3.29. The van der Waals surface area contributed by atoms with E-state index in [2.05, 4.69) is 35.9 Å². The Kier molecular flexibility index (Phi) is 6.99. The normalized spacial score (nSPS) is 17.1. The summed E-state index contributed by atoms with van der Waals surface area (Å²) in [7, 11) is 0. The van der Waals surface area contributed by atoms with Crippen LogP contribution in [0.5, 0.6) is 0 Å². The van der Waals surface area contributed by atoms with Gasteiger partial charge in [0.15, 0.2) is 4.80 Å². The minimum absolute atomic E-state index is 0.132. The summed E-state index contributed by atoms with van der Waals surface area (Å²) in [4.78, 5) is 6.15. The predicted octanol–water partition coefficient (Wildman–Crippen LogP) is 6.56. The van der Waals surface area contributed by atoms with Crippen molar-refractivity contribution in [3.63, 3.8) is 0 Å². The van der Waals surface area contributed by atoms with E-state index in [-0.39, 0.29) is 5.41 Å². The molecular weight excluding hydrogens is 360 g/mol. The molecule has 1 saturated carbocycles. The van der Waals surface area contributed by atoms with E-state index in [4.69, 9.17) is 16.6 Å². The Bertz CT molecular complexity index is 751. The largest absolute Gasteiger partial charge is 0.320 e. The summed E-state index contributed by atoms with van der Waals surface area (Å²) >= 11 is 8.00. The molecule has 1 aromatic carbocycles. The fourth-order valence-corrected chi connectivity index (χ4v) is 5.32. The van der Waals surface area contributed by atoms with Gasteiger partial charge in [-0.2, -0.15) is 0 Å². The van der Waals surface area contributed by atoms with Crippen molar-refractivity contribution in [2.75, 3.05) is 6.54 Å². The van der Waals surface area contributed by atoms with Gasteiger partial charge in [-0.05, 0) is 43.4 Å². The third kappa shape index (κ3) is 4.09. The van der Waals surface area contributed by atoms with Crippen LogP contribution in [0.3, 0.4) is 0 Å². The summed E-state index contributed by atoms with van der Waals surface area (Å²) in [5.41, 5.74) is 3.03. The summed E-state index contributed by atoms with van der Waals surface area (Å²) in [6.45, 7) is 6.52. The Morgan fingerprint density at radius 2 is 1.77 bits per heavy atom. The molecule has 0 radical (unpaired) electrons. The first-order valence-corrected chi connectivity index (χ1v) is 11.4. The van der Waals surface area contributed by atoms with Crippen molar-refractivity contribution in [1.29, 1.82) is 0 Å². The Morgan fingerprint density at radius 3 is 2.42 bits per heavy atom. The third-order valence-corrected chi connectivity index (χ3v) is 6.79. The Morgan fingerprint density at radius 1 is 1.08 bits per heavy atom. The lowest BCUT2D eigenvalue weighted by molar-refractivity contribution is 0.466. The van der Waals surface area contributed by atoms with Crippen LogP contribution < -0.4 is 4.80 Å². The fraction of sp³-hybridized carbons (Fsp3) is 0.591. The van der Waals surface area contributed by atoms with Crippen molar-refractivity contribution in [3.8, 4) is 0 Å². The molecule has 142 valence electrons. The molecule has 4 heteroatoms. The van der Waals surface area contributed by atoms with Crippen LogP contribution in [0.25, 0.3) is 0 Å². The van der Waals surface area contributed by atoms with E-state index < -0.39 is 0 Å². The number of halogens is 1. The van der Waals surface area contributed by atoms with E-state index >= 15 is 0 Å². The van der Waals surface area contributed by atoms with Crippen molar-refractivity contribution in [2.45, 2.75) is 77.2 Å². The zero-order chi connectivity index (χ0) is 18.4. The van der Waals surface area contributed by atoms with E-state index in [9.17, 15) is 0 Å². The molecule has 0 N–H and O–H groups in total. The van der Waals surface area contributed by atoms with Crippen molar-refractivity contribution in [2.24, 2.45) is 4.99 Å². The Hall–Kier alpha value is -1.06. The van der Waals surface area contributed by atoms with Crippen molar-refractivity contribution in [1.82, 2.24) is 4.57 Å². The van der Waals surface area contributed by atoms with E-state index in [0.29, 0.717) is 0 Å². The zero-order valence-electron chi connectivity index (χ0n) is 16.1. The molecular formula is C22H31ClN2S. The predicted molar refractivity (Wildman–Crippen MR) is 113 cm³/mol. The summed E-state index contributed by atoms with van der Waals surface area (Å²) in [6, 6.07) is 8.57. The van der Waals surface area contributed by atoms with E-state index in [1.165, 1.54) is 67.4 Å². The zero-order valence-corrected chi connectivity index (χ0v) is 17.7. The minimum Gasteiger partial charge on any atom is -0.320 e. The number of nitrogens with zero attached hydrogens (tertiary/aromatic N) is 2. The molecule has 0 spiro atoms. The molecule has 3 rings (SSSR count). The topological polar surface area (TPSA) is 17.3 Å². The van der Waals surface area contributed by atoms with Crippen molar-refractivity contribution < 1.29 is 0 Å². The third-order valence-electron chi connectivity index (χ3n) is 5.64. The summed E-state index contributed by atoms with van der Waals surface area (Å²) < 4.78 is 2.53. The molecule has 1 aliphatic rings. The highest BCUT2D eigenvalue weighted by Gasteiger charge is 2.39. The van der Waals surface area contributed by atoms with Crippen LogP contribution in [0.2, 0.25) is 5.02 Å². The van der Waals surface area contributed by atoms with Gasteiger partial charge in [-0.15, -0.1) is 11.3 Å². The fourth-order valence-electron chi connectivity index (χ4n) is 4.14. The number of unbranched alkanes of at least 4 members (excludes halogenated alkanes) is 2. The minimum atomic E-state index is 0.132. The van der Waals surface area contributed by atoms with Gasteiger partial charge >= 0.3 is 0 Å². The molecule has 1 fully saturated rings. The number of benzene rings is 1. The maximum Gasteiger partial charge on any atom is 0.184 e. The van der Waals surface area contributed by atoms with Crippen LogP contribution in [-0.2, 0) is 12.0 Å². The smallest absolute Gasteiger partial charge is 0.184 e. The summed E-state index contributed by atoms with van der Waals surface area (Å²) in [5.74, 6) is 0. The van der Waals surface area contributed by atoms with Gasteiger partial charge in [0.2, 0.25) is 0 Å². The number of aromatic nitrogens is 1. The molecule has 1 aliphatic carbocycles. The average molecular weight is 391 g/mol. The summed E-state index contributed by atoms with van der Waals surface area (Å²) in [6.07, 6.45) is 9.85. The number of hydrogen-bond acceptors (Lipinski definition) is 2. The van der Waals surface area contributed by atoms with Crippen LogP contribution in [0, 0.1) is 0 Å². The number of rotatable bonds is 8. The highest BCUT2D eigenvalue weighted by Crippen LogP contribution is 2.46. The second-order valence-electron chi connectivity index (χ2n) is 7.44. The van der Waals surface area contributed by atoms with Gasteiger partial charge < -0.3 is 4.57 Å². The SMILES string of the molecule is CCCC/N=c1/scc(C2(c3ccc(Cl)cc3)CCCC2)n1CCCC. The highest BCUT2D eigenvalue weighted by atomic mass is 35.5. The lowest BCUT2D eigenvalue weighted by Crippen LogP contribution is -2.31. The van der Waals surface area contributed by atoms with Gasteiger partial charge in [0.1, 0.15) is 0 Å². The molecule has 2 nitrogen and oxygen atoms in total. The van der Waals surface area contributed by atoms with Crippen LogP contribution >= 0.6 is 22.9 Å². The Balaban J connectivity index is 2.06. The highest BCUT2D eigenvalue weighted by molar-refractivity contribution is 7.07. The Labute approximate surface area is 166 Å². The van der Waals surface area contributed by atoms with Gasteiger partial charge in [-0.1, -0.05) is 63.3 Å². The molecule has 0 aliphatic heterocycles. The lowest BCUT2D eigenvalue weighted by Gasteiger charge is -2.31. The standard InChI is InChI=1S/C22H31ClN2S/c1-3-5-15-24-21-25(16-6-4-2)20(17-26-21)22(13-7-8-14-22)18-9-11-19(23)12-10-18/h9-12,17H,3-8,13-16H2,1-2H3/b24-21+. The molecule has 0 saturated heterocycles. The van der Waals surface area contributed by atoms with Gasteiger partial charge in [0, 0.05) is 34.6 Å². The van der Waals surface area contributed by atoms with Gasteiger partial charge in [0.25, 0.3) is 0 Å². The molecule has 2 aromatic rings. The van der Waals surface area contributed by atoms with Gasteiger partial charge in [0.05, 0.1) is 0 Å². The second-order valence-corrected chi connectivity index (χ2v) is 8.71. The van der Waals surface area contributed by atoms with E-state index in [1.807, 2.05) is 23.5 Å². The van der Waals surface area contributed by atoms with E-state index in [1.54, 1.807) is 0 Å². The molecule has 0 bridgehead atoms. The first-order valence-electron chi connectivity index (χ1n) is 10.2. The summed E-state index contributed by atoms with van der Waals surface area (Å²) in [5, 5.41) is 3.21. The quantitative estimate of drug-likeness (QED) is 0.454. The molecule has 0 atom stereocenters. The van der Waals surface area contributed by atoms with Crippen LogP contribution in [0.15, 0.2) is 34.6 Å². The van der Waals surface area contributed by atoms with Crippen LogP contribution in [0.1, 0.15) is 76.5 Å². The lowest BCUT2D eigenvalue weighted by atomic mass is 9.76. The maximum atomic E-state index is 6.17. The van der Waals surface area contributed by atoms with Crippen molar-refractivity contribution >= 4 is 22.9 Å². The van der Waals surface area contributed by atoms with Crippen LogP contribution in [-0.4, -0.2) is 11.1 Å². The first kappa shape index (κ1) is 19.7. The van der Waals surface area contributed by atoms with E-state index in [0.717, 1.165) is 18.1 Å². The molecule has 26 heavy (non-hydrogen) atoms. The maximum absolute atomic E-state index is 6.17. The molecule has 1 aromatic heterocycles. The molecule has 0 unspecified atom stereocenters. The monoisotopic (exact) mass is 390 g/mol. The molecule has 1 heterocycles. The second kappa shape index (κ2) is 9.23. The van der Waals surface area contributed by atoms with Gasteiger partial charge in [-0.3, -0.25) is 4.99 Å². The van der Waals surface area contributed by atoms with Gasteiger partial charge in [-0.25, -0.2) is 0 Å². The van der Waals surface area contributed by atoms with Crippen LogP contribution in [0.4, 0.5) is 0 Å². The first-order chi connectivity index (χ1) is 12.7. The van der Waals surface area contributed by atoms with Crippen molar-refractivity contribution in [3.05, 3.63) is 50.7 Å².